The quantitative estimate of drug-likeness (QED) is 0.767. The van der Waals surface area contributed by atoms with E-state index in [-0.39, 0.29) is 23.3 Å². The van der Waals surface area contributed by atoms with Crippen molar-refractivity contribution >= 4 is 11.6 Å². The summed E-state index contributed by atoms with van der Waals surface area (Å²) in [6.45, 7) is 1.75. The van der Waals surface area contributed by atoms with Gasteiger partial charge in [0.15, 0.2) is 0 Å². The molecule has 2 fully saturated rings. The SMILES string of the molecule is Cc1c(F)cc(N2CC3CCC(O3)C2=O)cc1F. The summed E-state index contributed by atoms with van der Waals surface area (Å²) in [5, 5.41) is 0. The number of rotatable bonds is 1. The summed E-state index contributed by atoms with van der Waals surface area (Å²) in [4.78, 5) is 13.5. The normalized spacial score (nSPS) is 26.8. The number of ether oxygens (including phenoxy) is 1. The maximum absolute atomic E-state index is 13.5. The lowest BCUT2D eigenvalue weighted by molar-refractivity contribution is -0.133. The number of carbonyl (C=O) groups excluding carboxylic acids is 1. The van der Waals surface area contributed by atoms with Crippen molar-refractivity contribution in [2.24, 2.45) is 0 Å². The molecule has 96 valence electrons. The highest BCUT2D eigenvalue weighted by Gasteiger charge is 2.41. The van der Waals surface area contributed by atoms with Crippen LogP contribution in [0.4, 0.5) is 14.5 Å². The van der Waals surface area contributed by atoms with E-state index < -0.39 is 17.7 Å². The Labute approximate surface area is 103 Å². The molecule has 1 amide bonds. The summed E-state index contributed by atoms with van der Waals surface area (Å²) in [5.74, 6) is -1.46. The van der Waals surface area contributed by atoms with Crippen molar-refractivity contribution in [2.45, 2.75) is 32.0 Å². The maximum atomic E-state index is 13.5. The largest absolute Gasteiger partial charge is 0.363 e. The minimum atomic E-state index is -0.628. The van der Waals surface area contributed by atoms with Crippen molar-refractivity contribution in [3.63, 3.8) is 0 Å². The number of hydrogen-bond donors (Lipinski definition) is 0. The number of benzene rings is 1. The predicted octanol–water partition coefficient (Wildman–Crippen LogP) is 2.17. The molecule has 2 heterocycles. The first kappa shape index (κ1) is 11.6. The lowest BCUT2D eigenvalue weighted by Crippen LogP contribution is -2.47. The molecule has 0 aliphatic carbocycles. The van der Waals surface area contributed by atoms with Gasteiger partial charge in [0, 0.05) is 11.3 Å². The minimum Gasteiger partial charge on any atom is -0.363 e. The number of carbonyl (C=O) groups is 1. The van der Waals surface area contributed by atoms with Crippen LogP contribution in [0.2, 0.25) is 0 Å². The molecule has 2 unspecified atom stereocenters. The van der Waals surface area contributed by atoms with Crippen molar-refractivity contribution in [3.8, 4) is 0 Å². The molecule has 2 atom stereocenters. The van der Waals surface area contributed by atoms with Gasteiger partial charge in [0.25, 0.3) is 5.91 Å². The Hall–Kier alpha value is -1.49. The van der Waals surface area contributed by atoms with Crippen molar-refractivity contribution in [1.29, 1.82) is 0 Å². The fourth-order valence-electron chi connectivity index (χ4n) is 2.51. The molecule has 1 aromatic rings. The Morgan fingerprint density at radius 2 is 1.94 bits per heavy atom. The summed E-state index contributed by atoms with van der Waals surface area (Å²) >= 11 is 0. The number of fused-ring (bicyclic) bond motifs is 2. The van der Waals surface area contributed by atoms with E-state index in [1.807, 2.05) is 0 Å². The van der Waals surface area contributed by atoms with Gasteiger partial charge < -0.3 is 9.64 Å². The lowest BCUT2D eigenvalue weighted by Gasteiger charge is -2.32. The second-order valence-electron chi connectivity index (χ2n) is 4.81. The minimum absolute atomic E-state index is 0.0138. The molecule has 3 nitrogen and oxygen atoms in total. The molecular formula is C13H13F2NO2. The average Bonchev–Trinajstić information content (AvgIpc) is 2.74. The van der Waals surface area contributed by atoms with Crippen LogP contribution in [0, 0.1) is 18.6 Å². The van der Waals surface area contributed by atoms with E-state index in [4.69, 9.17) is 4.74 Å². The molecule has 0 N–H and O–H groups in total. The van der Waals surface area contributed by atoms with Gasteiger partial charge in [0.05, 0.1) is 12.6 Å². The van der Waals surface area contributed by atoms with Gasteiger partial charge in [-0.25, -0.2) is 8.78 Å². The second-order valence-corrected chi connectivity index (χ2v) is 4.81. The molecule has 5 heteroatoms. The van der Waals surface area contributed by atoms with Crippen LogP contribution < -0.4 is 4.90 Å². The van der Waals surface area contributed by atoms with Crippen LogP contribution in [0.1, 0.15) is 18.4 Å². The maximum Gasteiger partial charge on any atom is 0.256 e. The van der Waals surface area contributed by atoms with Gasteiger partial charge in [-0.3, -0.25) is 4.79 Å². The van der Waals surface area contributed by atoms with E-state index in [0.717, 1.165) is 6.42 Å². The highest BCUT2D eigenvalue weighted by atomic mass is 19.1. The molecule has 2 aliphatic rings. The molecule has 2 saturated heterocycles. The number of anilines is 1. The molecule has 0 radical (unpaired) electrons. The summed E-state index contributed by atoms with van der Waals surface area (Å²) in [7, 11) is 0. The van der Waals surface area contributed by atoms with E-state index in [2.05, 4.69) is 0 Å². The number of nitrogens with zero attached hydrogens (tertiary/aromatic N) is 1. The summed E-state index contributed by atoms with van der Waals surface area (Å²) in [5.41, 5.74) is 0.253. The molecule has 0 aromatic heterocycles. The van der Waals surface area contributed by atoms with Crippen LogP contribution in [0.25, 0.3) is 0 Å². The first-order valence-electron chi connectivity index (χ1n) is 5.99. The summed E-state index contributed by atoms with van der Waals surface area (Å²) < 4.78 is 32.5. The highest BCUT2D eigenvalue weighted by molar-refractivity contribution is 5.97. The van der Waals surface area contributed by atoms with Crippen LogP contribution in [-0.2, 0) is 9.53 Å². The van der Waals surface area contributed by atoms with E-state index in [1.165, 1.54) is 24.0 Å². The van der Waals surface area contributed by atoms with Crippen LogP contribution >= 0.6 is 0 Å². The van der Waals surface area contributed by atoms with Gasteiger partial charge in [-0.05, 0) is 31.9 Å². The van der Waals surface area contributed by atoms with Crippen molar-refractivity contribution < 1.29 is 18.3 Å². The van der Waals surface area contributed by atoms with Crippen LogP contribution in [0.3, 0.4) is 0 Å². The monoisotopic (exact) mass is 253 g/mol. The Balaban J connectivity index is 1.97. The molecule has 1 aromatic carbocycles. The average molecular weight is 253 g/mol. The Bertz CT molecular complexity index is 495. The standard InChI is InChI=1S/C13H13F2NO2/c1-7-10(14)4-8(5-11(7)15)16-6-9-2-3-12(18-9)13(16)17/h4-5,9,12H,2-3,6H2,1H3. The van der Waals surface area contributed by atoms with Gasteiger partial charge in [-0.15, -0.1) is 0 Å². The smallest absolute Gasteiger partial charge is 0.256 e. The fraction of sp³-hybridized carbons (Fsp3) is 0.462. The number of halogens is 2. The highest BCUT2D eigenvalue weighted by Crippen LogP contribution is 2.31. The van der Waals surface area contributed by atoms with Gasteiger partial charge in [-0.2, -0.15) is 0 Å². The van der Waals surface area contributed by atoms with Crippen LogP contribution in [-0.4, -0.2) is 24.7 Å². The Morgan fingerprint density at radius 1 is 1.28 bits per heavy atom. The van der Waals surface area contributed by atoms with Gasteiger partial charge in [0.1, 0.15) is 17.7 Å². The molecule has 18 heavy (non-hydrogen) atoms. The summed E-state index contributed by atoms with van der Waals surface area (Å²) in [6, 6.07) is 2.42. The van der Waals surface area contributed by atoms with E-state index >= 15 is 0 Å². The topological polar surface area (TPSA) is 29.5 Å². The molecule has 3 rings (SSSR count). The third-order valence-corrected chi connectivity index (χ3v) is 3.61. The lowest BCUT2D eigenvalue weighted by atomic mass is 10.1. The zero-order valence-corrected chi connectivity index (χ0v) is 9.95. The first-order valence-corrected chi connectivity index (χ1v) is 5.99. The zero-order chi connectivity index (χ0) is 12.9. The van der Waals surface area contributed by atoms with Crippen molar-refractivity contribution in [2.75, 3.05) is 11.4 Å². The van der Waals surface area contributed by atoms with Gasteiger partial charge >= 0.3 is 0 Å². The Morgan fingerprint density at radius 3 is 2.61 bits per heavy atom. The summed E-state index contributed by atoms with van der Waals surface area (Å²) in [6.07, 6.45) is 1.05. The molecule has 0 saturated carbocycles. The molecular weight excluding hydrogens is 240 g/mol. The van der Waals surface area contributed by atoms with Gasteiger partial charge in [0.2, 0.25) is 0 Å². The fourth-order valence-corrected chi connectivity index (χ4v) is 2.51. The van der Waals surface area contributed by atoms with Crippen LogP contribution in [0.15, 0.2) is 12.1 Å². The van der Waals surface area contributed by atoms with Crippen LogP contribution in [0.5, 0.6) is 0 Å². The Kier molecular flexibility index (Phi) is 2.59. The van der Waals surface area contributed by atoms with Gasteiger partial charge in [-0.1, -0.05) is 0 Å². The zero-order valence-electron chi connectivity index (χ0n) is 9.95. The first-order chi connectivity index (χ1) is 8.56. The third-order valence-electron chi connectivity index (χ3n) is 3.61. The van der Waals surface area contributed by atoms with Crippen molar-refractivity contribution in [1.82, 2.24) is 0 Å². The molecule has 0 spiro atoms. The van der Waals surface area contributed by atoms with E-state index in [9.17, 15) is 13.6 Å². The number of hydrogen-bond acceptors (Lipinski definition) is 2. The number of morpholine rings is 1. The second kappa shape index (κ2) is 4.02. The molecule has 2 aliphatic heterocycles. The number of amides is 1. The van der Waals surface area contributed by atoms with E-state index in [1.54, 1.807) is 0 Å². The molecule has 2 bridgehead atoms. The third kappa shape index (κ3) is 1.70. The predicted molar refractivity (Wildman–Crippen MR) is 61.3 cm³/mol. The van der Waals surface area contributed by atoms with E-state index in [0.29, 0.717) is 13.0 Å². The van der Waals surface area contributed by atoms with Crippen molar-refractivity contribution in [3.05, 3.63) is 29.3 Å².